The van der Waals surface area contributed by atoms with Gasteiger partial charge in [0, 0.05) is 33.4 Å². The maximum absolute atomic E-state index is 12.9. The van der Waals surface area contributed by atoms with Gasteiger partial charge in [-0.2, -0.15) is 0 Å². The first-order chi connectivity index (χ1) is 39.0. The first kappa shape index (κ1) is 61.3. The van der Waals surface area contributed by atoms with Crippen LogP contribution in [0, 0.1) is 0 Å². The summed E-state index contributed by atoms with van der Waals surface area (Å²) < 4.78 is 58.7. The summed E-state index contributed by atoms with van der Waals surface area (Å²) in [4.78, 5) is 47.2. The second-order valence-electron chi connectivity index (χ2n) is 16.2. The molecule has 0 radical (unpaired) electrons. The zero-order valence-corrected chi connectivity index (χ0v) is 47.4. The Bertz CT molecular complexity index is 3210. The van der Waals surface area contributed by atoms with Crippen molar-refractivity contribution in [3.8, 4) is 74.3 Å². The van der Waals surface area contributed by atoms with E-state index in [-0.39, 0.29) is 29.7 Å². The van der Waals surface area contributed by atoms with Gasteiger partial charge in [-0.1, -0.05) is 119 Å². The second kappa shape index (κ2) is 31.0. The maximum Gasteiger partial charge on any atom is 0.226 e. The van der Waals surface area contributed by atoms with Crippen molar-refractivity contribution in [3.63, 3.8) is 0 Å². The Morgan fingerprint density at radius 2 is 0.775 bits per heavy atom. The van der Waals surface area contributed by atoms with Crippen molar-refractivity contribution in [3.05, 3.63) is 191 Å². The first-order valence-corrected chi connectivity index (χ1v) is 25.5. The molecule has 0 saturated heterocycles. The van der Waals surface area contributed by atoms with Crippen molar-refractivity contribution in [1.82, 2.24) is 4.98 Å². The van der Waals surface area contributed by atoms with Gasteiger partial charge in [-0.15, -0.1) is 0 Å². The van der Waals surface area contributed by atoms with Crippen LogP contribution in [-0.2, 0) is 4.74 Å². The quantitative estimate of drug-likeness (QED) is 0.0739. The summed E-state index contributed by atoms with van der Waals surface area (Å²) in [5.74, 6) is 4.19. The zero-order valence-electron chi connectivity index (χ0n) is 47.4. The van der Waals surface area contributed by atoms with Gasteiger partial charge in [-0.05, 0) is 71.8 Å². The molecule has 7 aromatic carbocycles. The fourth-order valence-electron chi connectivity index (χ4n) is 7.94. The number of ketones is 3. The van der Waals surface area contributed by atoms with E-state index in [0.717, 1.165) is 22.3 Å². The molecule has 0 bridgehead atoms. The molecule has 418 valence electrons. The van der Waals surface area contributed by atoms with E-state index in [1.807, 2.05) is 143 Å². The van der Waals surface area contributed by atoms with E-state index in [1.54, 1.807) is 36.4 Å². The van der Waals surface area contributed by atoms with E-state index in [9.17, 15) is 14.4 Å². The molecule has 0 fully saturated rings. The molecule has 1 aliphatic rings. The molecule has 80 heavy (non-hydrogen) atoms. The van der Waals surface area contributed by atoms with E-state index >= 15 is 0 Å². The maximum atomic E-state index is 12.9. The Kier molecular flexibility index (Phi) is 23.7. The SMILES string of the molecule is CC.CC.COc1cc(C(=O)C2COC(c3ccccc3)=N2)cc(OC)c1OC.COc1cc(C(=O)c2ccc(-c3ccccc3)cc2)cc(OC)c1OC.COc1cc(C(=O)c2coc(-c3ccccc3)n2)cc(OC)c1OC. The second-order valence-corrected chi connectivity index (χ2v) is 16.2. The van der Waals surface area contributed by atoms with Crippen molar-refractivity contribution in [1.29, 1.82) is 0 Å². The fourth-order valence-corrected chi connectivity index (χ4v) is 7.94. The fraction of sp³-hybridized carbons (Fsp3) is 0.234. The van der Waals surface area contributed by atoms with Crippen LogP contribution < -0.4 is 42.6 Å². The predicted octanol–water partition coefficient (Wildman–Crippen LogP) is 13.0. The van der Waals surface area contributed by atoms with Gasteiger partial charge in [0.1, 0.15) is 12.9 Å². The molecule has 0 aliphatic carbocycles. The van der Waals surface area contributed by atoms with Gasteiger partial charge in [-0.25, -0.2) is 9.98 Å². The van der Waals surface area contributed by atoms with Crippen LogP contribution in [0.2, 0.25) is 0 Å². The van der Waals surface area contributed by atoms with Crippen LogP contribution in [0.15, 0.2) is 167 Å². The lowest BCUT2D eigenvalue weighted by atomic mass is 9.99. The van der Waals surface area contributed by atoms with Crippen molar-refractivity contribution < 1.29 is 66.2 Å². The largest absolute Gasteiger partial charge is 0.493 e. The third kappa shape index (κ3) is 14.9. The smallest absolute Gasteiger partial charge is 0.226 e. The number of oxazole rings is 1. The molecule has 9 rings (SSSR count). The van der Waals surface area contributed by atoms with Crippen LogP contribution in [0.3, 0.4) is 0 Å². The summed E-state index contributed by atoms with van der Waals surface area (Å²) in [6.45, 7) is 8.21. The Balaban J connectivity index is 0.000000214. The van der Waals surface area contributed by atoms with E-state index < -0.39 is 6.04 Å². The number of hydrogen-bond acceptors (Lipinski definition) is 16. The highest BCUT2D eigenvalue weighted by atomic mass is 16.5. The summed E-state index contributed by atoms with van der Waals surface area (Å²) in [6.07, 6.45) is 1.34. The molecule has 1 aliphatic heterocycles. The van der Waals surface area contributed by atoms with Crippen LogP contribution in [0.5, 0.6) is 51.7 Å². The number of hydrogen-bond donors (Lipinski definition) is 0. The predicted molar refractivity (Wildman–Crippen MR) is 309 cm³/mol. The topological polar surface area (TPSA) is 182 Å². The van der Waals surface area contributed by atoms with Crippen molar-refractivity contribution in [2.75, 3.05) is 70.6 Å². The molecule has 1 aromatic heterocycles. The average Bonchev–Trinajstić information content (AvgIpc) is 4.27. The van der Waals surface area contributed by atoms with Gasteiger partial charge in [0.2, 0.25) is 34.8 Å². The molecule has 2 heterocycles. The summed E-state index contributed by atoms with van der Waals surface area (Å²) in [5, 5.41) is 0. The Hall–Kier alpha value is -9.57. The monoisotopic (exact) mass is 1090 g/mol. The summed E-state index contributed by atoms with van der Waals surface area (Å²) in [5.41, 5.74) is 5.89. The molecular weight excluding hydrogens is 1020 g/mol. The minimum absolute atomic E-state index is 0.108. The molecule has 0 amide bonds. The molecule has 16 nitrogen and oxygen atoms in total. The number of nitrogens with zero attached hydrogens (tertiary/aromatic N) is 2. The normalized spacial score (nSPS) is 11.7. The number of aromatic nitrogens is 1. The van der Waals surface area contributed by atoms with Gasteiger partial charge >= 0.3 is 0 Å². The lowest BCUT2D eigenvalue weighted by Crippen LogP contribution is -2.20. The van der Waals surface area contributed by atoms with Crippen LogP contribution >= 0.6 is 0 Å². The van der Waals surface area contributed by atoms with Crippen LogP contribution in [0.1, 0.15) is 75.6 Å². The minimum Gasteiger partial charge on any atom is -0.493 e. The van der Waals surface area contributed by atoms with Gasteiger partial charge < -0.3 is 51.8 Å². The number of Topliss-reactive ketones (excluding diaryl/α,β-unsaturated/α-hetero) is 1. The van der Waals surface area contributed by atoms with E-state index in [4.69, 9.17) is 51.8 Å². The number of methoxy groups -OCH3 is 9. The first-order valence-electron chi connectivity index (χ1n) is 25.5. The number of benzene rings is 7. The highest BCUT2D eigenvalue weighted by molar-refractivity contribution is 6.10. The van der Waals surface area contributed by atoms with E-state index in [0.29, 0.717) is 85.8 Å². The molecule has 0 saturated carbocycles. The van der Waals surface area contributed by atoms with Gasteiger partial charge in [0.15, 0.2) is 57.8 Å². The lowest BCUT2D eigenvalue weighted by Gasteiger charge is -2.14. The Labute approximate surface area is 467 Å². The summed E-state index contributed by atoms with van der Waals surface area (Å²) in [7, 11) is 13.6. The minimum atomic E-state index is -0.599. The number of carbonyl (C=O) groups excluding carboxylic acids is 3. The van der Waals surface area contributed by atoms with Crippen molar-refractivity contribution in [2.24, 2.45) is 4.99 Å². The molecule has 1 atom stereocenters. The Morgan fingerprint density at radius 1 is 0.412 bits per heavy atom. The molecule has 16 heteroatoms. The zero-order chi connectivity index (χ0) is 58.1. The van der Waals surface area contributed by atoms with Gasteiger partial charge in [-0.3, -0.25) is 14.4 Å². The molecular formula is C64H68N2O14. The standard InChI is InChI=1S/C22H20O4.C19H19NO5.C19H17NO5.2C2H6/c1-24-19-13-18(14-20(25-2)22(19)26-3)21(23)17-11-9-16(10-12-17)15-7-5-4-6-8-15;2*1-22-15-9-13(10-16(23-2)18(15)24-3)17(21)14-11-25-19(20-14)12-7-5-4-6-8-12;2*1-2/h4-14H,1-3H3;4-10,14H,11H2,1-3H3;4-11H,1-3H3;2*1-2H3. The molecule has 0 spiro atoms. The van der Waals surface area contributed by atoms with Gasteiger partial charge in [0.05, 0.1) is 64.0 Å². The average molecular weight is 1090 g/mol. The third-order valence-corrected chi connectivity index (χ3v) is 11.8. The number of carbonyl (C=O) groups is 3. The van der Waals surface area contributed by atoms with Crippen LogP contribution in [0.25, 0.3) is 22.6 Å². The molecule has 8 aromatic rings. The van der Waals surface area contributed by atoms with Crippen LogP contribution in [-0.4, -0.2) is 105 Å². The Morgan fingerprint density at radius 3 is 1.18 bits per heavy atom. The molecule has 1 unspecified atom stereocenters. The number of rotatable bonds is 18. The highest BCUT2D eigenvalue weighted by Gasteiger charge is 2.29. The third-order valence-electron chi connectivity index (χ3n) is 11.8. The lowest BCUT2D eigenvalue weighted by molar-refractivity contribution is 0.0945. The highest BCUT2D eigenvalue weighted by Crippen LogP contribution is 2.41. The van der Waals surface area contributed by atoms with Crippen molar-refractivity contribution in [2.45, 2.75) is 33.7 Å². The summed E-state index contributed by atoms with van der Waals surface area (Å²) >= 11 is 0. The van der Waals surface area contributed by atoms with E-state index in [1.165, 1.54) is 70.3 Å². The number of aliphatic imine (C=N–C) groups is 1. The van der Waals surface area contributed by atoms with E-state index in [2.05, 4.69) is 9.98 Å². The summed E-state index contributed by atoms with van der Waals surface area (Å²) in [6, 6.07) is 45.6. The van der Waals surface area contributed by atoms with Crippen molar-refractivity contribution >= 4 is 23.2 Å². The van der Waals surface area contributed by atoms with Gasteiger partial charge in [0.25, 0.3) is 0 Å². The van der Waals surface area contributed by atoms with Crippen LogP contribution in [0.4, 0.5) is 0 Å². The number of ether oxygens (including phenoxy) is 10. The molecule has 0 N–H and O–H groups in total.